The smallest absolute Gasteiger partial charge is 0.261 e. The molecule has 0 aliphatic heterocycles. The van der Waals surface area contributed by atoms with Crippen LogP contribution in [0.1, 0.15) is 10.4 Å². The zero-order valence-corrected chi connectivity index (χ0v) is 15.0. The normalized spacial score (nSPS) is 10.8. The number of carbonyl (C=O) groups is 1. The molecule has 26 heavy (non-hydrogen) atoms. The van der Waals surface area contributed by atoms with Crippen LogP contribution in [0.5, 0.6) is 5.75 Å². The van der Waals surface area contributed by atoms with Gasteiger partial charge in [-0.25, -0.2) is 14.2 Å². The first kappa shape index (κ1) is 16.3. The fourth-order valence-electron chi connectivity index (χ4n) is 2.36. The summed E-state index contributed by atoms with van der Waals surface area (Å²) < 4.78 is 9.76. The molecule has 4 aromatic rings. The summed E-state index contributed by atoms with van der Waals surface area (Å²) in [6.45, 7) is 0.232. The lowest BCUT2D eigenvalue weighted by Crippen LogP contribution is -2.11. The van der Waals surface area contributed by atoms with Gasteiger partial charge in [0.25, 0.3) is 5.91 Å². The fourth-order valence-corrected chi connectivity index (χ4v) is 2.62. The van der Waals surface area contributed by atoms with Crippen LogP contribution in [0.2, 0.25) is 0 Å². The second-order valence-electron chi connectivity index (χ2n) is 5.40. The van der Waals surface area contributed by atoms with Crippen molar-refractivity contribution in [2.75, 3.05) is 5.32 Å². The van der Waals surface area contributed by atoms with Crippen LogP contribution in [0.4, 0.5) is 5.69 Å². The summed E-state index contributed by atoms with van der Waals surface area (Å²) in [6.07, 6.45) is 8.08. The van der Waals surface area contributed by atoms with Crippen LogP contribution in [-0.4, -0.2) is 30.3 Å². The molecule has 1 amide bonds. The van der Waals surface area contributed by atoms with E-state index in [0.717, 1.165) is 10.2 Å². The van der Waals surface area contributed by atoms with Gasteiger partial charge in [0.15, 0.2) is 12.4 Å². The quantitative estimate of drug-likeness (QED) is 0.544. The molecule has 0 fully saturated rings. The molecule has 1 N–H and O–H groups in total. The third kappa shape index (κ3) is 3.42. The van der Waals surface area contributed by atoms with Crippen molar-refractivity contribution in [2.24, 2.45) is 0 Å². The molecule has 0 saturated carbocycles. The highest BCUT2D eigenvalue weighted by molar-refractivity contribution is 9.10. The second kappa shape index (κ2) is 6.96. The van der Waals surface area contributed by atoms with Crippen molar-refractivity contribution in [1.29, 1.82) is 0 Å². The van der Waals surface area contributed by atoms with E-state index >= 15 is 0 Å². The second-order valence-corrected chi connectivity index (χ2v) is 6.31. The molecule has 9 heteroatoms. The third-order valence-electron chi connectivity index (χ3n) is 3.59. The maximum absolute atomic E-state index is 12.4. The third-order valence-corrected chi connectivity index (χ3v) is 4.12. The van der Waals surface area contributed by atoms with E-state index in [-0.39, 0.29) is 12.6 Å². The molecule has 3 heterocycles. The molecule has 0 aliphatic carbocycles. The Labute approximate surface area is 156 Å². The van der Waals surface area contributed by atoms with Crippen LogP contribution in [0.3, 0.4) is 0 Å². The summed E-state index contributed by atoms with van der Waals surface area (Å²) in [4.78, 5) is 16.6. The first-order valence-electron chi connectivity index (χ1n) is 7.69. The van der Waals surface area contributed by atoms with E-state index in [1.165, 1.54) is 6.20 Å². The van der Waals surface area contributed by atoms with Gasteiger partial charge in [-0.2, -0.15) is 10.2 Å². The summed E-state index contributed by atoms with van der Waals surface area (Å²) in [5, 5.41) is 11.1. The topological polar surface area (TPSA) is 86.3 Å². The lowest BCUT2D eigenvalue weighted by molar-refractivity contribution is 0.102. The number of hydrogen-bond donors (Lipinski definition) is 1. The van der Waals surface area contributed by atoms with Crippen LogP contribution in [-0.2, 0) is 6.73 Å². The van der Waals surface area contributed by atoms with Gasteiger partial charge in [0.05, 0.1) is 24.3 Å². The monoisotopic (exact) mass is 412 g/mol. The van der Waals surface area contributed by atoms with Gasteiger partial charge in [0.1, 0.15) is 11.3 Å². The summed E-state index contributed by atoms with van der Waals surface area (Å²) in [5.74, 6) is 0.429. The van der Waals surface area contributed by atoms with E-state index in [0.29, 0.717) is 16.9 Å². The number of hydrogen-bond acceptors (Lipinski definition) is 5. The van der Waals surface area contributed by atoms with Crippen molar-refractivity contribution in [3.05, 3.63) is 71.4 Å². The summed E-state index contributed by atoms with van der Waals surface area (Å²) >= 11 is 3.38. The predicted octanol–water partition coefficient (Wildman–Crippen LogP) is 2.98. The van der Waals surface area contributed by atoms with E-state index in [1.54, 1.807) is 40.1 Å². The molecule has 8 nitrogen and oxygen atoms in total. The highest BCUT2D eigenvalue weighted by Crippen LogP contribution is 2.17. The molecule has 1 aromatic carbocycles. The molecule has 0 radical (unpaired) electrons. The predicted molar refractivity (Wildman–Crippen MR) is 97.9 cm³/mol. The van der Waals surface area contributed by atoms with E-state index in [2.05, 4.69) is 36.4 Å². The molecule has 0 bridgehead atoms. The summed E-state index contributed by atoms with van der Waals surface area (Å²) in [5.41, 5.74) is 1.45. The van der Waals surface area contributed by atoms with Crippen LogP contribution in [0.15, 0.2) is 65.8 Å². The maximum atomic E-state index is 12.4. The van der Waals surface area contributed by atoms with E-state index < -0.39 is 0 Å². The minimum absolute atomic E-state index is 0.232. The summed E-state index contributed by atoms with van der Waals surface area (Å²) in [7, 11) is 0. The highest BCUT2D eigenvalue weighted by Gasteiger charge is 2.14. The first-order chi connectivity index (χ1) is 12.7. The van der Waals surface area contributed by atoms with Crippen LogP contribution < -0.4 is 10.1 Å². The molecule has 0 atom stereocenters. The van der Waals surface area contributed by atoms with Gasteiger partial charge >= 0.3 is 0 Å². The van der Waals surface area contributed by atoms with Crippen LogP contribution in [0, 0.1) is 0 Å². The summed E-state index contributed by atoms with van der Waals surface area (Å²) in [6, 6.07) is 9.25. The molecule has 3 aromatic heterocycles. The van der Waals surface area contributed by atoms with Crippen molar-refractivity contribution in [3.8, 4) is 5.75 Å². The van der Waals surface area contributed by atoms with Crippen molar-refractivity contribution >= 4 is 33.2 Å². The zero-order valence-electron chi connectivity index (χ0n) is 13.4. The van der Waals surface area contributed by atoms with Crippen molar-refractivity contribution in [3.63, 3.8) is 0 Å². The van der Waals surface area contributed by atoms with Crippen molar-refractivity contribution < 1.29 is 9.53 Å². The van der Waals surface area contributed by atoms with Gasteiger partial charge < -0.3 is 10.1 Å². The Balaban J connectivity index is 1.41. The van der Waals surface area contributed by atoms with Crippen molar-refractivity contribution in [2.45, 2.75) is 6.73 Å². The number of nitrogens with zero attached hydrogens (tertiary/aromatic N) is 5. The Morgan fingerprint density at radius 1 is 1.19 bits per heavy atom. The Kier molecular flexibility index (Phi) is 4.36. The molecule has 130 valence electrons. The van der Waals surface area contributed by atoms with Gasteiger partial charge in [-0.15, -0.1) is 0 Å². The van der Waals surface area contributed by atoms with E-state index in [4.69, 9.17) is 4.74 Å². The van der Waals surface area contributed by atoms with E-state index in [9.17, 15) is 4.79 Å². The SMILES string of the molecule is O=C(Nc1cnn(COc2ccc(Br)cc2)c1)c1cnn2cccnc12. The van der Waals surface area contributed by atoms with Crippen molar-refractivity contribution in [1.82, 2.24) is 24.4 Å². The number of anilines is 1. The average molecular weight is 413 g/mol. The number of rotatable bonds is 5. The van der Waals surface area contributed by atoms with Crippen LogP contribution >= 0.6 is 15.9 Å². The molecular weight excluding hydrogens is 400 g/mol. The Hall–Kier alpha value is -3.20. The Morgan fingerprint density at radius 2 is 2.04 bits per heavy atom. The number of nitrogens with one attached hydrogen (secondary N) is 1. The van der Waals surface area contributed by atoms with Crippen LogP contribution in [0.25, 0.3) is 5.65 Å². The molecule has 0 aliphatic rings. The highest BCUT2D eigenvalue weighted by atomic mass is 79.9. The number of aromatic nitrogens is 5. The van der Waals surface area contributed by atoms with Gasteiger partial charge in [-0.3, -0.25) is 4.79 Å². The molecule has 0 saturated heterocycles. The largest absolute Gasteiger partial charge is 0.471 e. The minimum atomic E-state index is -0.299. The number of halogens is 1. The standard InChI is InChI=1S/C17H13BrN6O2/c18-12-2-4-14(5-3-12)26-11-23-10-13(8-20-23)22-17(25)15-9-21-24-7-1-6-19-16(15)24/h1-10H,11H2,(H,22,25). The number of benzene rings is 1. The number of ether oxygens (including phenoxy) is 1. The lowest BCUT2D eigenvalue weighted by Gasteiger charge is -2.05. The van der Waals surface area contributed by atoms with Gasteiger partial charge in [-0.1, -0.05) is 15.9 Å². The zero-order chi connectivity index (χ0) is 17.9. The van der Waals surface area contributed by atoms with Gasteiger partial charge in [0, 0.05) is 16.9 Å². The van der Waals surface area contributed by atoms with Gasteiger partial charge in [0.2, 0.25) is 0 Å². The number of amides is 1. The minimum Gasteiger partial charge on any atom is -0.471 e. The molecular formula is C17H13BrN6O2. The molecule has 4 rings (SSSR count). The molecule has 0 unspecified atom stereocenters. The number of carbonyl (C=O) groups excluding carboxylic acids is 1. The average Bonchev–Trinajstić information content (AvgIpc) is 3.28. The van der Waals surface area contributed by atoms with E-state index in [1.807, 2.05) is 24.3 Å². The fraction of sp³-hybridized carbons (Fsp3) is 0.0588. The maximum Gasteiger partial charge on any atom is 0.261 e. The lowest BCUT2D eigenvalue weighted by atomic mass is 10.3. The van der Waals surface area contributed by atoms with Gasteiger partial charge in [-0.05, 0) is 30.3 Å². The number of fused-ring (bicyclic) bond motifs is 1. The first-order valence-corrected chi connectivity index (χ1v) is 8.49. The Morgan fingerprint density at radius 3 is 2.88 bits per heavy atom. The Bertz CT molecular complexity index is 1060. The molecule has 0 spiro atoms.